The molecular weight excluding hydrogens is 296 g/mol. The smallest absolute Gasteiger partial charge is 0.255 e. The number of carbonyl (C=O) groups is 3. The van der Waals surface area contributed by atoms with Crippen LogP contribution in [0.4, 0.5) is 0 Å². The monoisotopic (exact) mass is 312 g/mol. The van der Waals surface area contributed by atoms with Gasteiger partial charge in [-0.3, -0.25) is 19.8 Å². The van der Waals surface area contributed by atoms with Gasteiger partial charge in [-0.15, -0.1) is 0 Å². The van der Waals surface area contributed by atoms with Gasteiger partial charge in [0, 0.05) is 6.42 Å². The van der Waals surface area contributed by atoms with Gasteiger partial charge in [0.2, 0.25) is 5.91 Å². The normalized spacial score (nSPS) is 30.9. The lowest BCUT2D eigenvalue weighted by molar-refractivity contribution is -0.151. The van der Waals surface area contributed by atoms with E-state index in [1.165, 1.54) is 0 Å². The molecule has 0 saturated carbocycles. The number of rotatable bonds is 4. The van der Waals surface area contributed by atoms with Crippen molar-refractivity contribution in [2.24, 2.45) is 11.8 Å². The number of carbonyl (C=O) groups excluding carboxylic acids is 3. The summed E-state index contributed by atoms with van der Waals surface area (Å²) in [5.74, 6) is -2.06. The molecule has 6 heteroatoms. The highest BCUT2D eigenvalue weighted by molar-refractivity contribution is 6.07. The molecule has 0 aliphatic carbocycles. The molecule has 1 aromatic carbocycles. The van der Waals surface area contributed by atoms with Crippen LogP contribution in [0.3, 0.4) is 0 Å². The average Bonchev–Trinajstić information content (AvgIpc) is 3.24. The van der Waals surface area contributed by atoms with Crippen LogP contribution in [-0.2, 0) is 25.5 Å². The van der Waals surface area contributed by atoms with Gasteiger partial charge >= 0.3 is 0 Å². The average molecular weight is 312 g/mol. The van der Waals surface area contributed by atoms with Crippen molar-refractivity contribution >= 4 is 17.7 Å². The van der Waals surface area contributed by atoms with E-state index in [0.29, 0.717) is 6.42 Å². The quantitative estimate of drug-likeness (QED) is 0.652. The number of hydrogen-bond acceptors (Lipinski definition) is 4. The van der Waals surface area contributed by atoms with Gasteiger partial charge in [0.25, 0.3) is 11.8 Å². The third kappa shape index (κ3) is 2.26. The molecule has 118 valence electrons. The maximum Gasteiger partial charge on any atom is 0.255 e. The minimum absolute atomic E-state index is 0.220. The van der Waals surface area contributed by atoms with Crippen LogP contribution < -0.4 is 5.43 Å². The lowest BCUT2D eigenvalue weighted by atomic mass is 9.85. The molecule has 3 amide bonds. The van der Waals surface area contributed by atoms with Crippen LogP contribution in [0.1, 0.15) is 12.0 Å². The van der Waals surface area contributed by atoms with Crippen LogP contribution in [0.25, 0.3) is 0 Å². The second-order valence-electron chi connectivity index (χ2n) is 6.03. The number of ether oxygens (including phenoxy) is 1. The second-order valence-corrected chi connectivity index (χ2v) is 6.03. The van der Waals surface area contributed by atoms with Crippen molar-refractivity contribution in [2.45, 2.75) is 25.0 Å². The second kappa shape index (κ2) is 5.31. The van der Waals surface area contributed by atoms with Gasteiger partial charge in [0.1, 0.15) is 0 Å². The lowest BCUT2D eigenvalue weighted by Crippen LogP contribution is -2.48. The van der Waals surface area contributed by atoms with Crippen molar-refractivity contribution in [1.29, 1.82) is 0 Å². The molecule has 3 aliphatic heterocycles. The molecule has 4 atom stereocenters. The summed E-state index contributed by atoms with van der Waals surface area (Å²) in [5, 5.41) is 0.887. The largest absolute Gasteiger partial charge is 0.365 e. The van der Waals surface area contributed by atoms with Crippen LogP contribution in [-0.4, -0.2) is 34.9 Å². The predicted octanol–water partition coefficient (Wildman–Crippen LogP) is 0.589. The Morgan fingerprint density at radius 3 is 2.26 bits per heavy atom. The van der Waals surface area contributed by atoms with Crippen molar-refractivity contribution in [3.63, 3.8) is 0 Å². The minimum Gasteiger partial charge on any atom is -0.365 e. The van der Waals surface area contributed by atoms with E-state index in [4.69, 9.17) is 4.74 Å². The Morgan fingerprint density at radius 1 is 1.04 bits per heavy atom. The highest BCUT2D eigenvalue weighted by Gasteiger charge is 2.61. The predicted molar refractivity (Wildman–Crippen MR) is 79.5 cm³/mol. The number of nitrogens with one attached hydrogen (secondary N) is 1. The number of amides is 3. The molecule has 0 radical (unpaired) electrons. The Labute approximate surface area is 133 Å². The zero-order chi connectivity index (χ0) is 16.0. The zero-order valence-corrected chi connectivity index (χ0v) is 12.3. The van der Waals surface area contributed by atoms with E-state index < -0.39 is 11.8 Å². The van der Waals surface area contributed by atoms with Crippen molar-refractivity contribution in [3.05, 3.63) is 48.0 Å². The Hall–Kier alpha value is -2.47. The Kier molecular flexibility index (Phi) is 3.27. The fourth-order valence-electron chi connectivity index (χ4n) is 3.50. The van der Waals surface area contributed by atoms with E-state index in [1.807, 2.05) is 42.5 Å². The fraction of sp³-hybridized carbons (Fsp3) is 0.353. The summed E-state index contributed by atoms with van der Waals surface area (Å²) in [4.78, 5) is 36.8. The molecule has 23 heavy (non-hydrogen) atoms. The molecular formula is C17H16N2O4. The molecule has 0 aromatic heterocycles. The molecule has 1 N–H and O–H groups in total. The standard InChI is InChI=1S/C17H16N2O4/c20-13(9-6-10-4-2-1-3-5-10)18-19-16(21)14-11-7-8-12(23-11)15(14)17(19)22/h1-5,7-8,11-12,14-15H,6,9H2,(H,18,20)/t11-,12-,14-,15-/m1/s1. The van der Waals surface area contributed by atoms with Gasteiger partial charge in [-0.2, -0.15) is 5.01 Å². The number of nitrogens with zero attached hydrogens (tertiary/aromatic N) is 1. The van der Waals surface area contributed by atoms with Gasteiger partial charge in [-0.05, 0) is 12.0 Å². The van der Waals surface area contributed by atoms with E-state index in [0.717, 1.165) is 10.6 Å². The number of imide groups is 1. The van der Waals surface area contributed by atoms with Gasteiger partial charge in [0.05, 0.1) is 24.0 Å². The van der Waals surface area contributed by atoms with Gasteiger partial charge < -0.3 is 4.74 Å². The van der Waals surface area contributed by atoms with E-state index >= 15 is 0 Å². The Bertz CT molecular complexity index is 670. The number of benzene rings is 1. The van der Waals surface area contributed by atoms with Crippen molar-refractivity contribution < 1.29 is 19.1 Å². The summed E-state index contributed by atoms with van der Waals surface area (Å²) in [5.41, 5.74) is 3.49. The van der Waals surface area contributed by atoms with Crippen LogP contribution in [0.2, 0.25) is 0 Å². The topological polar surface area (TPSA) is 75.7 Å². The number of hydrazine groups is 1. The molecule has 3 heterocycles. The summed E-state index contributed by atoms with van der Waals surface area (Å²) >= 11 is 0. The molecule has 2 bridgehead atoms. The third-order valence-corrected chi connectivity index (χ3v) is 4.63. The Balaban J connectivity index is 1.39. The maximum atomic E-state index is 12.4. The van der Waals surface area contributed by atoms with E-state index in [-0.39, 0.29) is 36.4 Å². The molecule has 0 unspecified atom stereocenters. The first-order valence-electron chi connectivity index (χ1n) is 7.70. The van der Waals surface area contributed by atoms with E-state index in [1.54, 1.807) is 0 Å². The van der Waals surface area contributed by atoms with Crippen LogP contribution in [0, 0.1) is 11.8 Å². The van der Waals surface area contributed by atoms with Crippen molar-refractivity contribution in [1.82, 2.24) is 10.4 Å². The molecule has 2 saturated heterocycles. The van der Waals surface area contributed by atoms with Gasteiger partial charge in [-0.25, -0.2) is 0 Å². The van der Waals surface area contributed by atoms with E-state index in [2.05, 4.69) is 5.43 Å². The lowest BCUT2D eigenvalue weighted by Gasteiger charge is -2.18. The first kappa shape index (κ1) is 14.1. The Morgan fingerprint density at radius 2 is 1.65 bits per heavy atom. The SMILES string of the molecule is O=C(CCc1ccccc1)NN1C(=O)[C@H]2[C@H](C1=O)[C@H]1C=C[C@H]2O1. The van der Waals surface area contributed by atoms with Gasteiger partial charge in [-0.1, -0.05) is 42.5 Å². The van der Waals surface area contributed by atoms with Crippen molar-refractivity contribution in [2.75, 3.05) is 0 Å². The van der Waals surface area contributed by atoms with Crippen LogP contribution >= 0.6 is 0 Å². The number of hydrogen-bond donors (Lipinski definition) is 1. The molecule has 2 fully saturated rings. The highest BCUT2D eigenvalue weighted by atomic mass is 16.5. The maximum absolute atomic E-state index is 12.4. The zero-order valence-electron chi connectivity index (χ0n) is 12.3. The van der Waals surface area contributed by atoms with Gasteiger partial charge in [0.15, 0.2) is 0 Å². The summed E-state index contributed by atoms with van der Waals surface area (Å²) in [6.45, 7) is 0. The summed E-state index contributed by atoms with van der Waals surface area (Å²) in [7, 11) is 0. The summed E-state index contributed by atoms with van der Waals surface area (Å²) in [6, 6.07) is 9.60. The van der Waals surface area contributed by atoms with Crippen molar-refractivity contribution in [3.8, 4) is 0 Å². The number of aryl methyl sites for hydroxylation is 1. The molecule has 0 spiro atoms. The molecule has 3 aliphatic rings. The van der Waals surface area contributed by atoms with Crippen LogP contribution in [0.15, 0.2) is 42.5 Å². The molecule has 6 nitrogen and oxygen atoms in total. The molecule has 4 rings (SSSR count). The third-order valence-electron chi connectivity index (χ3n) is 4.63. The van der Waals surface area contributed by atoms with Crippen LogP contribution in [0.5, 0.6) is 0 Å². The summed E-state index contributed by atoms with van der Waals surface area (Å²) in [6.07, 6.45) is 3.74. The fourth-order valence-corrected chi connectivity index (χ4v) is 3.50. The van der Waals surface area contributed by atoms with E-state index in [9.17, 15) is 14.4 Å². The minimum atomic E-state index is -0.494. The first-order valence-corrected chi connectivity index (χ1v) is 7.70. The highest BCUT2D eigenvalue weighted by Crippen LogP contribution is 2.44. The molecule has 1 aromatic rings. The summed E-state index contributed by atoms with van der Waals surface area (Å²) < 4.78 is 5.55. The first-order chi connectivity index (χ1) is 11.1. The number of fused-ring (bicyclic) bond motifs is 5.